The maximum absolute atomic E-state index is 5.64. The lowest BCUT2D eigenvalue weighted by Crippen LogP contribution is -2.03. The van der Waals surface area contributed by atoms with Gasteiger partial charge in [0.2, 0.25) is 0 Å². The molecule has 0 atom stereocenters. The zero-order chi connectivity index (χ0) is 9.14. The maximum atomic E-state index is 5.64. The highest BCUT2D eigenvalue weighted by Gasteiger charge is 2.04. The Balaban J connectivity index is 3.12. The highest BCUT2D eigenvalue weighted by atomic mass is 14.5. The van der Waals surface area contributed by atoms with Crippen molar-refractivity contribution in [2.24, 2.45) is 5.73 Å². The van der Waals surface area contributed by atoms with Gasteiger partial charge in [-0.1, -0.05) is 37.6 Å². The van der Waals surface area contributed by atoms with Gasteiger partial charge < -0.3 is 5.73 Å². The van der Waals surface area contributed by atoms with E-state index in [-0.39, 0.29) is 0 Å². The van der Waals surface area contributed by atoms with Gasteiger partial charge in [0.15, 0.2) is 0 Å². The van der Waals surface area contributed by atoms with E-state index < -0.39 is 0 Å². The number of nitrogens with two attached hydrogens (primary N) is 1. The summed E-state index contributed by atoms with van der Waals surface area (Å²) in [5.74, 6) is 0.573. The van der Waals surface area contributed by atoms with Gasteiger partial charge >= 0.3 is 0 Å². The van der Waals surface area contributed by atoms with Crippen LogP contribution in [-0.4, -0.2) is 0 Å². The Labute approximate surface area is 74.6 Å². The standard InChI is InChI=1S/C11H17N/c1-8(2)11-6-9(3)4-5-10(11)7-12/h4-6,8H,7,12H2,1-3H3. The molecule has 0 amide bonds. The van der Waals surface area contributed by atoms with E-state index in [1.54, 1.807) is 0 Å². The largest absolute Gasteiger partial charge is 0.326 e. The SMILES string of the molecule is Cc1ccc(CN)c(C(C)C)c1. The van der Waals surface area contributed by atoms with Crippen LogP contribution < -0.4 is 5.73 Å². The molecule has 0 bridgehead atoms. The molecule has 0 radical (unpaired) electrons. The molecule has 66 valence electrons. The summed E-state index contributed by atoms with van der Waals surface area (Å²) in [6.45, 7) is 7.17. The van der Waals surface area contributed by atoms with Crippen LogP contribution in [-0.2, 0) is 6.54 Å². The van der Waals surface area contributed by atoms with Crippen LogP contribution in [0.1, 0.15) is 36.5 Å². The van der Waals surface area contributed by atoms with Crippen molar-refractivity contribution >= 4 is 0 Å². The number of rotatable bonds is 2. The molecule has 0 saturated carbocycles. The first-order valence-corrected chi connectivity index (χ1v) is 4.44. The van der Waals surface area contributed by atoms with Crippen LogP contribution in [0, 0.1) is 6.92 Å². The minimum absolute atomic E-state index is 0.573. The molecule has 0 aliphatic rings. The average molecular weight is 163 g/mol. The summed E-state index contributed by atoms with van der Waals surface area (Å²) in [5, 5.41) is 0. The Morgan fingerprint density at radius 2 is 2.00 bits per heavy atom. The van der Waals surface area contributed by atoms with Gasteiger partial charge in [-0.25, -0.2) is 0 Å². The zero-order valence-corrected chi connectivity index (χ0v) is 8.09. The summed E-state index contributed by atoms with van der Waals surface area (Å²) in [6, 6.07) is 6.48. The molecular formula is C11H17N. The van der Waals surface area contributed by atoms with Crippen molar-refractivity contribution in [1.82, 2.24) is 0 Å². The molecule has 1 nitrogen and oxygen atoms in total. The van der Waals surface area contributed by atoms with Crippen LogP contribution >= 0.6 is 0 Å². The molecule has 0 saturated heterocycles. The van der Waals surface area contributed by atoms with Crippen LogP contribution in [0.5, 0.6) is 0 Å². The molecule has 2 N–H and O–H groups in total. The lowest BCUT2D eigenvalue weighted by molar-refractivity contribution is 0.837. The van der Waals surface area contributed by atoms with Crippen LogP contribution in [0.3, 0.4) is 0 Å². The van der Waals surface area contributed by atoms with Crippen molar-refractivity contribution in [1.29, 1.82) is 0 Å². The van der Waals surface area contributed by atoms with Crippen molar-refractivity contribution in [2.75, 3.05) is 0 Å². The molecule has 12 heavy (non-hydrogen) atoms. The second-order valence-corrected chi connectivity index (χ2v) is 3.56. The Hall–Kier alpha value is -0.820. The second-order valence-electron chi connectivity index (χ2n) is 3.56. The van der Waals surface area contributed by atoms with Gasteiger partial charge in [0.25, 0.3) is 0 Å². The van der Waals surface area contributed by atoms with Crippen molar-refractivity contribution in [3.8, 4) is 0 Å². The Bertz CT molecular complexity index is 264. The predicted octanol–water partition coefficient (Wildman–Crippen LogP) is 2.58. The van der Waals surface area contributed by atoms with Gasteiger partial charge in [0, 0.05) is 6.54 Å². The average Bonchev–Trinajstić information content (AvgIpc) is 2.04. The molecule has 0 aliphatic heterocycles. The van der Waals surface area contributed by atoms with Crippen molar-refractivity contribution in [2.45, 2.75) is 33.2 Å². The van der Waals surface area contributed by atoms with E-state index in [2.05, 4.69) is 39.0 Å². The molecule has 0 aliphatic carbocycles. The smallest absolute Gasteiger partial charge is 0.0180 e. The van der Waals surface area contributed by atoms with E-state index in [4.69, 9.17) is 5.73 Å². The fraction of sp³-hybridized carbons (Fsp3) is 0.455. The Morgan fingerprint density at radius 3 is 2.50 bits per heavy atom. The van der Waals surface area contributed by atoms with Gasteiger partial charge in [-0.2, -0.15) is 0 Å². The minimum Gasteiger partial charge on any atom is -0.326 e. The monoisotopic (exact) mass is 163 g/mol. The first-order chi connectivity index (χ1) is 5.65. The van der Waals surface area contributed by atoms with Crippen molar-refractivity contribution < 1.29 is 0 Å². The molecule has 1 rings (SSSR count). The fourth-order valence-electron chi connectivity index (χ4n) is 1.44. The minimum atomic E-state index is 0.573. The van der Waals surface area contributed by atoms with Gasteiger partial charge in [0.05, 0.1) is 0 Å². The van der Waals surface area contributed by atoms with Crippen LogP contribution in [0.15, 0.2) is 18.2 Å². The quantitative estimate of drug-likeness (QED) is 0.712. The third-order valence-corrected chi connectivity index (χ3v) is 2.14. The van der Waals surface area contributed by atoms with E-state index >= 15 is 0 Å². The highest BCUT2D eigenvalue weighted by Crippen LogP contribution is 2.20. The maximum Gasteiger partial charge on any atom is 0.0180 e. The van der Waals surface area contributed by atoms with E-state index in [9.17, 15) is 0 Å². The molecule has 0 unspecified atom stereocenters. The topological polar surface area (TPSA) is 26.0 Å². The Morgan fingerprint density at radius 1 is 1.33 bits per heavy atom. The number of hydrogen-bond acceptors (Lipinski definition) is 1. The van der Waals surface area contributed by atoms with Crippen LogP contribution in [0.25, 0.3) is 0 Å². The van der Waals surface area contributed by atoms with Gasteiger partial charge in [-0.15, -0.1) is 0 Å². The summed E-state index contributed by atoms with van der Waals surface area (Å²) in [7, 11) is 0. The molecule has 0 fully saturated rings. The number of hydrogen-bond donors (Lipinski definition) is 1. The lowest BCUT2D eigenvalue weighted by atomic mass is 9.95. The molecule has 1 aromatic rings. The summed E-state index contributed by atoms with van der Waals surface area (Å²) < 4.78 is 0. The number of aryl methyl sites for hydroxylation is 1. The van der Waals surface area contributed by atoms with E-state index in [0.29, 0.717) is 12.5 Å². The molecular weight excluding hydrogens is 146 g/mol. The third kappa shape index (κ3) is 1.86. The van der Waals surface area contributed by atoms with Gasteiger partial charge in [-0.3, -0.25) is 0 Å². The molecule has 1 aromatic carbocycles. The Kier molecular flexibility index (Phi) is 2.88. The molecule has 0 spiro atoms. The van der Waals surface area contributed by atoms with E-state index in [1.165, 1.54) is 16.7 Å². The molecule has 0 aromatic heterocycles. The summed E-state index contributed by atoms with van der Waals surface area (Å²) in [4.78, 5) is 0. The van der Waals surface area contributed by atoms with Crippen molar-refractivity contribution in [3.05, 3.63) is 34.9 Å². The first-order valence-electron chi connectivity index (χ1n) is 4.44. The predicted molar refractivity (Wildman–Crippen MR) is 53.2 cm³/mol. The second kappa shape index (κ2) is 3.72. The number of benzene rings is 1. The normalized spacial score (nSPS) is 10.8. The summed E-state index contributed by atoms with van der Waals surface area (Å²) in [6.07, 6.45) is 0. The van der Waals surface area contributed by atoms with Gasteiger partial charge in [0.1, 0.15) is 0 Å². The van der Waals surface area contributed by atoms with Crippen LogP contribution in [0.4, 0.5) is 0 Å². The lowest BCUT2D eigenvalue weighted by Gasteiger charge is -2.11. The van der Waals surface area contributed by atoms with E-state index in [1.807, 2.05) is 0 Å². The third-order valence-electron chi connectivity index (χ3n) is 2.14. The zero-order valence-electron chi connectivity index (χ0n) is 8.09. The van der Waals surface area contributed by atoms with Crippen molar-refractivity contribution in [3.63, 3.8) is 0 Å². The van der Waals surface area contributed by atoms with E-state index in [0.717, 1.165) is 0 Å². The fourth-order valence-corrected chi connectivity index (χ4v) is 1.44. The summed E-state index contributed by atoms with van der Waals surface area (Å²) in [5.41, 5.74) is 9.61. The molecule has 0 heterocycles. The van der Waals surface area contributed by atoms with Gasteiger partial charge in [-0.05, 0) is 24.0 Å². The summed E-state index contributed by atoms with van der Waals surface area (Å²) >= 11 is 0. The first kappa shape index (κ1) is 9.27. The van der Waals surface area contributed by atoms with Crippen LogP contribution in [0.2, 0.25) is 0 Å². The molecule has 1 heteroatoms. The highest BCUT2D eigenvalue weighted by molar-refractivity contribution is 5.33.